The van der Waals surface area contributed by atoms with Gasteiger partial charge in [-0.15, -0.1) is 24.9 Å². The molecule has 3 aliphatic heterocycles. The number of aliphatic hydroxyl groups is 1. The summed E-state index contributed by atoms with van der Waals surface area (Å²) in [6.45, 7) is 11.6. The van der Waals surface area contributed by atoms with Gasteiger partial charge in [-0.25, -0.2) is 0 Å². The SMILES string of the molecule is C=CCCCOC(=O)[C@H]1[C@H]2C(=O)N(CCO)C(C(=O)N(CC=C)c3c(C)cccc3Cl)C23CC[C@]1(C)S3. The van der Waals surface area contributed by atoms with Gasteiger partial charge in [0.1, 0.15) is 6.04 Å². The molecule has 5 atom stereocenters. The number of anilines is 1. The van der Waals surface area contributed by atoms with E-state index >= 15 is 0 Å². The Labute approximate surface area is 227 Å². The molecule has 2 amide bonds. The van der Waals surface area contributed by atoms with Gasteiger partial charge in [0.25, 0.3) is 5.91 Å². The normalized spacial score (nSPS) is 29.8. The fourth-order valence-corrected chi connectivity index (χ4v) is 9.10. The Morgan fingerprint density at radius 2 is 2.08 bits per heavy atom. The zero-order valence-corrected chi connectivity index (χ0v) is 23.0. The summed E-state index contributed by atoms with van der Waals surface area (Å²) in [7, 11) is 0. The highest BCUT2D eigenvalue weighted by Gasteiger charge is 2.77. The summed E-state index contributed by atoms with van der Waals surface area (Å²) in [5.41, 5.74) is 1.40. The molecule has 200 valence electrons. The van der Waals surface area contributed by atoms with Gasteiger partial charge in [-0.05, 0) is 51.2 Å². The van der Waals surface area contributed by atoms with Crippen LogP contribution >= 0.6 is 23.4 Å². The van der Waals surface area contributed by atoms with Gasteiger partial charge in [-0.3, -0.25) is 14.4 Å². The molecule has 3 saturated heterocycles. The van der Waals surface area contributed by atoms with Gasteiger partial charge in [0.05, 0.1) is 40.5 Å². The van der Waals surface area contributed by atoms with Crippen LogP contribution in [0.15, 0.2) is 43.5 Å². The van der Waals surface area contributed by atoms with Crippen molar-refractivity contribution in [3.05, 3.63) is 54.1 Å². The number of hydrogen-bond donors (Lipinski definition) is 1. The number of nitrogens with zero attached hydrogens (tertiary/aromatic N) is 2. The molecule has 0 aliphatic carbocycles. The summed E-state index contributed by atoms with van der Waals surface area (Å²) in [5, 5.41) is 10.3. The number of ether oxygens (including phenoxy) is 1. The van der Waals surface area contributed by atoms with Crippen molar-refractivity contribution in [2.45, 2.75) is 55.1 Å². The Morgan fingerprint density at radius 1 is 1.32 bits per heavy atom. The van der Waals surface area contributed by atoms with Crippen LogP contribution in [0.1, 0.15) is 38.2 Å². The van der Waals surface area contributed by atoms with E-state index in [1.807, 2.05) is 26.0 Å². The van der Waals surface area contributed by atoms with Crippen molar-refractivity contribution in [2.24, 2.45) is 11.8 Å². The predicted molar refractivity (Wildman–Crippen MR) is 147 cm³/mol. The first kappa shape index (κ1) is 27.7. The summed E-state index contributed by atoms with van der Waals surface area (Å²) in [6.07, 6.45) is 6.12. The molecule has 3 fully saturated rings. The van der Waals surface area contributed by atoms with E-state index in [4.69, 9.17) is 16.3 Å². The molecule has 0 radical (unpaired) electrons. The smallest absolute Gasteiger partial charge is 0.311 e. The third-order valence-corrected chi connectivity index (χ3v) is 10.2. The van der Waals surface area contributed by atoms with Crippen LogP contribution in [0.3, 0.4) is 0 Å². The molecule has 2 unspecified atom stereocenters. The number of benzene rings is 1. The largest absolute Gasteiger partial charge is 0.465 e. The van der Waals surface area contributed by atoms with Gasteiger partial charge in [-0.1, -0.05) is 35.9 Å². The molecule has 1 N–H and O–H groups in total. The van der Waals surface area contributed by atoms with Crippen LogP contribution in [0.2, 0.25) is 5.02 Å². The Balaban J connectivity index is 1.75. The summed E-state index contributed by atoms with van der Waals surface area (Å²) >= 11 is 8.13. The second kappa shape index (κ2) is 10.8. The third-order valence-electron chi connectivity index (χ3n) is 7.94. The quantitative estimate of drug-likeness (QED) is 0.255. The van der Waals surface area contributed by atoms with Crippen molar-refractivity contribution in [2.75, 3.05) is 31.2 Å². The molecule has 3 heterocycles. The Morgan fingerprint density at radius 3 is 2.73 bits per heavy atom. The van der Waals surface area contributed by atoms with Gasteiger partial charge >= 0.3 is 5.97 Å². The molecular formula is C28H35ClN2O5S. The van der Waals surface area contributed by atoms with Crippen molar-refractivity contribution < 1.29 is 24.2 Å². The Kier molecular flexibility index (Phi) is 8.12. The number of fused-ring (bicyclic) bond motifs is 1. The molecular weight excluding hydrogens is 512 g/mol. The predicted octanol–water partition coefficient (Wildman–Crippen LogP) is 4.15. The van der Waals surface area contributed by atoms with Gasteiger partial charge in [0.2, 0.25) is 5.91 Å². The lowest BCUT2D eigenvalue weighted by Gasteiger charge is -2.37. The highest BCUT2D eigenvalue weighted by molar-refractivity contribution is 8.02. The molecule has 7 nitrogen and oxygen atoms in total. The van der Waals surface area contributed by atoms with E-state index in [0.717, 1.165) is 12.0 Å². The minimum atomic E-state index is -0.849. The second-order valence-electron chi connectivity index (χ2n) is 10.2. The molecule has 37 heavy (non-hydrogen) atoms. The zero-order valence-electron chi connectivity index (χ0n) is 21.5. The number of unbranched alkanes of at least 4 members (excludes halogenated alkanes) is 1. The van der Waals surface area contributed by atoms with Gasteiger partial charge in [0.15, 0.2) is 0 Å². The van der Waals surface area contributed by atoms with Crippen LogP contribution in [-0.2, 0) is 19.1 Å². The molecule has 4 rings (SSSR count). The number of rotatable bonds is 11. The number of hydrogen-bond acceptors (Lipinski definition) is 6. The number of β-amino-alcohol motifs (C(OH)–C–C–N with tert-alkyl or cyclic N) is 1. The van der Waals surface area contributed by atoms with Crippen molar-refractivity contribution in [3.63, 3.8) is 0 Å². The highest BCUT2D eigenvalue weighted by atomic mass is 35.5. The van der Waals surface area contributed by atoms with Crippen molar-refractivity contribution in [3.8, 4) is 0 Å². The van der Waals surface area contributed by atoms with E-state index in [9.17, 15) is 19.5 Å². The van der Waals surface area contributed by atoms with Crippen LogP contribution in [0.4, 0.5) is 5.69 Å². The lowest BCUT2D eigenvalue weighted by atomic mass is 9.66. The number of aliphatic hydroxyl groups excluding tert-OH is 1. The van der Waals surface area contributed by atoms with Crippen molar-refractivity contribution >= 4 is 46.8 Å². The minimum Gasteiger partial charge on any atom is -0.465 e. The van der Waals surface area contributed by atoms with Crippen LogP contribution in [-0.4, -0.2) is 69.6 Å². The van der Waals surface area contributed by atoms with E-state index in [1.54, 1.807) is 34.9 Å². The maximum atomic E-state index is 14.4. The van der Waals surface area contributed by atoms with E-state index in [2.05, 4.69) is 13.2 Å². The first-order valence-corrected chi connectivity index (χ1v) is 13.9. The first-order valence-electron chi connectivity index (χ1n) is 12.7. The average Bonchev–Trinajstić information content (AvgIpc) is 3.42. The van der Waals surface area contributed by atoms with Crippen LogP contribution < -0.4 is 4.90 Å². The van der Waals surface area contributed by atoms with Gasteiger partial charge in [0, 0.05) is 17.8 Å². The topological polar surface area (TPSA) is 87.1 Å². The lowest BCUT2D eigenvalue weighted by Crippen LogP contribution is -2.55. The third kappa shape index (κ3) is 4.51. The number of carbonyl (C=O) groups excluding carboxylic acids is 3. The van der Waals surface area contributed by atoms with E-state index in [-0.39, 0.29) is 44.1 Å². The summed E-state index contributed by atoms with van der Waals surface area (Å²) < 4.78 is 4.33. The minimum absolute atomic E-state index is 0.00923. The van der Waals surface area contributed by atoms with E-state index in [0.29, 0.717) is 30.0 Å². The van der Waals surface area contributed by atoms with E-state index in [1.165, 1.54) is 4.90 Å². The number of thioether (sulfide) groups is 1. The molecule has 1 aromatic carbocycles. The molecule has 2 bridgehead atoms. The monoisotopic (exact) mass is 546 g/mol. The van der Waals surface area contributed by atoms with Crippen LogP contribution in [0.5, 0.6) is 0 Å². The number of aryl methyl sites for hydroxylation is 1. The maximum absolute atomic E-state index is 14.4. The van der Waals surface area contributed by atoms with Crippen molar-refractivity contribution in [1.82, 2.24) is 4.90 Å². The maximum Gasteiger partial charge on any atom is 0.311 e. The molecule has 0 saturated carbocycles. The number of para-hydroxylation sites is 1. The van der Waals surface area contributed by atoms with Crippen LogP contribution in [0.25, 0.3) is 0 Å². The first-order chi connectivity index (χ1) is 17.7. The number of likely N-dealkylation sites (tertiary alicyclic amines) is 1. The number of allylic oxidation sites excluding steroid dienone is 1. The molecule has 1 aromatic rings. The Bertz CT molecular complexity index is 1090. The second-order valence-corrected chi connectivity index (χ2v) is 12.5. The molecule has 0 aromatic heterocycles. The molecule has 1 spiro atoms. The van der Waals surface area contributed by atoms with Crippen LogP contribution in [0, 0.1) is 18.8 Å². The van der Waals surface area contributed by atoms with Crippen molar-refractivity contribution in [1.29, 1.82) is 0 Å². The molecule has 3 aliphatic rings. The number of halogens is 1. The van der Waals surface area contributed by atoms with E-state index < -0.39 is 27.4 Å². The fourth-order valence-electron chi connectivity index (χ4n) is 6.43. The van der Waals surface area contributed by atoms with Gasteiger partial charge in [-0.2, -0.15) is 0 Å². The summed E-state index contributed by atoms with van der Waals surface area (Å²) in [6, 6.07) is 4.59. The zero-order chi connectivity index (χ0) is 27.0. The number of amides is 2. The fraction of sp³-hybridized carbons (Fsp3) is 0.536. The molecule has 9 heteroatoms. The summed E-state index contributed by atoms with van der Waals surface area (Å²) in [4.78, 5) is 44.8. The summed E-state index contributed by atoms with van der Waals surface area (Å²) in [5.74, 6) is -2.29. The number of esters is 1. The Hall–Kier alpha value is -2.29. The lowest BCUT2D eigenvalue weighted by molar-refractivity contribution is -0.155. The highest BCUT2D eigenvalue weighted by Crippen LogP contribution is 2.71. The average molecular weight is 547 g/mol. The number of carbonyl (C=O) groups is 3. The standard InChI is InChI=1S/C28H35ClN2O5S/c1-5-7-8-17-36-26(35)21-20-24(33)31(15-16-32)23(28(20)13-12-27(21,4)37-28)25(34)30(14-6-2)22-18(3)10-9-11-19(22)29/h5-6,9-11,20-21,23,32H,1-2,7-8,12-17H2,3-4H3/t20-,21+,23?,27-,28?/m0/s1. The van der Waals surface area contributed by atoms with Gasteiger partial charge < -0.3 is 19.6 Å².